The number of ether oxygens (including phenoxy) is 1. The molecule has 0 aliphatic carbocycles. The lowest BCUT2D eigenvalue weighted by Crippen LogP contribution is -1.99. The molecule has 90 valence electrons. The van der Waals surface area contributed by atoms with Crippen molar-refractivity contribution in [2.75, 3.05) is 6.61 Å². The molecule has 0 radical (unpaired) electrons. The third-order valence-electron chi connectivity index (χ3n) is 2.10. The number of unbranched alkanes of at least 4 members (excludes halogenated alkanes) is 5. The van der Waals surface area contributed by atoms with Crippen molar-refractivity contribution < 1.29 is 9.53 Å². The molecule has 0 bridgehead atoms. The van der Waals surface area contributed by atoms with Crippen molar-refractivity contribution in [3.8, 4) is 11.8 Å². The molecule has 0 aliphatic rings. The lowest BCUT2D eigenvalue weighted by Gasteiger charge is -2.01. The van der Waals surface area contributed by atoms with Gasteiger partial charge in [0.2, 0.25) is 0 Å². The van der Waals surface area contributed by atoms with Gasteiger partial charge in [-0.05, 0) is 25.8 Å². The molecule has 0 spiro atoms. The molecule has 0 saturated carbocycles. The van der Waals surface area contributed by atoms with Gasteiger partial charge in [0.25, 0.3) is 0 Å². The molecule has 0 aromatic rings. The van der Waals surface area contributed by atoms with E-state index in [0.717, 1.165) is 25.7 Å². The first kappa shape index (κ1) is 14.8. The van der Waals surface area contributed by atoms with E-state index in [2.05, 4.69) is 11.8 Å². The van der Waals surface area contributed by atoms with Crippen molar-refractivity contribution >= 4 is 5.97 Å². The molecule has 0 unspecified atom stereocenters. The van der Waals surface area contributed by atoms with Crippen molar-refractivity contribution in [1.82, 2.24) is 0 Å². The lowest BCUT2D eigenvalue weighted by atomic mass is 10.1. The van der Waals surface area contributed by atoms with E-state index in [4.69, 9.17) is 4.74 Å². The van der Waals surface area contributed by atoms with Crippen LogP contribution in [0.15, 0.2) is 12.2 Å². The van der Waals surface area contributed by atoms with Crippen LogP contribution in [0.4, 0.5) is 0 Å². The fraction of sp³-hybridized carbons (Fsp3) is 0.643. The SMILES string of the molecule is C/C=C\C#CCCCCCCCOC(C)=O. The van der Waals surface area contributed by atoms with E-state index in [1.165, 1.54) is 19.8 Å². The number of esters is 1. The van der Waals surface area contributed by atoms with Crippen molar-refractivity contribution in [3.63, 3.8) is 0 Å². The van der Waals surface area contributed by atoms with E-state index in [9.17, 15) is 4.79 Å². The summed E-state index contributed by atoms with van der Waals surface area (Å²) in [5, 5.41) is 0. The summed E-state index contributed by atoms with van der Waals surface area (Å²) in [5.41, 5.74) is 0. The molecule has 0 aromatic carbocycles. The average Bonchev–Trinajstić information content (AvgIpc) is 2.25. The fourth-order valence-corrected chi connectivity index (χ4v) is 1.28. The van der Waals surface area contributed by atoms with Crippen LogP contribution in [0.1, 0.15) is 52.4 Å². The number of hydrogen-bond acceptors (Lipinski definition) is 2. The number of hydrogen-bond donors (Lipinski definition) is 0. The first-order chi connectivity index (χ1) is 7.77. The highest BCUT2D eigenvalue weighted by molar-refractivity contribution is 5.65. The van der Waals surface area contributed by atoms with Crippen molar-refractivity contribution in [1.29, 1.82) is 0 Å². The van der Waals surface area contributed by atoms with Gasteiger partial charge >= 0.3 is 5.97 Å². The Morgan fingerprint density at radius 1 is 1.19 bits per heavy atom. The summed E-state index contributed by atoms with van der Waals surface area (Å²) >= 11 is 0. The zero-order valence-corrected chi connectivity index (χ0v) is 10.4. The Balaban J connectivity index is 3.11. The molecule has 16 heavy (non-hydrogen) atoms. The zero-order valence-electron chi connectivity index (χ0n) is 10.4. The summed E-state index contributed by atoms with van der Waals surface area (Å²) in [7, 11) is 0. The lowest BCUT2D eigenvalue weighted by molar-refractivity contribution is -0.141. The smallest absolute Gasteiger partial charge is 0.302 e. The number of allylic oxidation sites excluding steroid dienone is 2. The summed E-state index contributed by atoms with van der Waals surface area (Å²) in [6.07, 6.45) is 10.5. The molecule has 0 aromatic heterocycles. The highest BCUT2D eigenvalue weighted by atomic mass is 16.5. The average molecular weight is 222 g/mol. The molecular weight excluding hydrogens is 200 g/mol. The highest BCUT2D eigenvalue weighted by Gasteiger charge is 1.93. The van der Waals surface area contributed by atoms with Crippen LogP contribution in [0.5, 0.6) is 0 Å². The Bertz CT molecular complexity index is 256. The number of carbonyl (C=O) groups excluding carboxylic acids is 1. The Morgan fingerprint density at radius 2 is 1.88 bits per heavy atom. The third-order valence-corrected chi connectivity index (χ3v) is 2.10. The number of rotatable bonds is 7. The van der Waals surface area contributed by atoms with Crippen molar-refractivity contribution in [2.24, 2.45) is 0 Å². The highest BCUT2D eigenvalue weighted by Crippen LogP contribution is 2.04. The molecule has 0 fully saturated rings. The van der Waals surface area contributed by atoms with Crippen LogP contribution in [0.25, 0.3) is 0 Å². The standard InChI is InChI=1S/C14H22O2/c1-3-4-5-6-7-8-9-10-11-12-13-16-14(2)15/h3-4H,7-13H2,1-2H3/b4-3-. The second kappa shape index (κ2) is 11.8. The predicted octanol–water partition coefficient (Wildman–Crippen LogP) is 3.47. The molecule has 0 N–H and O–H groups in total. The van der Waals surface area contributed by atoms with Gasteiger partial charge in [0, 0.05) is 13.3 Å². The van der Waals surface area contributed by atoms with Gasteiger partial charge < -0.3 is 4.74 Å². The van der Waals surface area contributed by atoms with Gasteiger partial charge in [-0.1, -0.05) is 37.2 Å². The van der Waals surface area contributed by atoms with Crippen LogP contribution in [-0.2, 0) is 9.53 Å². The first-order valence-electron chi connectivity index (χ1n) is 6.00. The normalized spacial score (nSPS) is 9.88. The van der Waals surface area contributed by atoms with E-state index in [-0.39, 0.29) is 5.97 Å². The van der Waals surface area contributed by atoms with E-state index < -0.39 is 0 Å². The molecule has 0 atom stereocenters. The van der Waals surface area contributed by atoms with Crippen LogP contribution in [-0.4, -0.2) is 12.6 Å². The first-order valence-corrected chi connectivity index (χ1v) is 6.00. The minimum atomic E-state index is -0.181. The summed E-state index contributed by atoms with van der Waals surface area (Å²) in [6, 6.07) is 0. The Labute approximate surface area is 99.1 Å². The number of carbonyl (C=O) groups is 1. The molecule has 0 aliphatic heterocycles. The minimum Gasteiger partial charge on any atom is -0.466 e. The van der Waals surface area contributed by atoms with E-state index >= 15 is 0 Å². The fourth-order valence-electron chi connectivity index (χ4n) is 1.28. The second-order valence-corrected chi connectivity index (χ2v) is 3.68. The summed E-state index contributed by atoms with van der Waals surface area (Å²) in [4.78, 5) is 10.5. The molecule has 2 nitrogen and oxygen atoms in total. The maximum atomic E-state index is 10.5. The predicted molar refractivity (Wildman–Crippen MR) is 66.9 cm³/mol. The zero-order chi connectivity index (χ0) is 12.1. The molecule has 0 rings (SSSR count). The van der Waals surface area contributed by atoms with Gasteiger partial charge in [0.15, 0.2) is 0 Å². The minimum absolute atomic E-state index is 0.181. The monoisotopic (exact) mass is 222 g/mol. The van der Waals surface area contributed by atoms with Crippen LogP contribution in [0, 0.1) is 11.8 Å². The van der Waals surface area contributed by atoms with E-state index in [1.807, 2.05) is 19.1 Å². The summed E-state index contributed by atoms with van der Waals surface area (Å²) < 4.78 is 4.84. The van der Waals surface area contributed by atoms with E-state index in [0.29, 0.717) is 6.61 Å². The maximum absolute atomic E-state index is 10.5. The molecular formula is C14H22O2. The van der Waals surface area contributed by atoms with Crippen LogP contribution < -0.4 is 0 Å². The maximum Gasteiger partial charge on any atom is 0.302 e. The third kappa shape index (κ3) is 12.8. The van der Waals surface area contributed by atoms with Gasteiger partial charge in [-0.3, -0.25) is 4.79 Å². The van der Waals surface area contributed by atoms with E-state index in [1.54, 1.807) is 0 Å². The van der Waals surface area contributed by atoms with Crippen LogP contribution >= 0.6 is 0 Å². The van der Waals surface area contributed by atoms with Gasteiger partial charge in [0.05, 0.1) is 6.61 Å². The second-order valence-electron chi connectivity index (χ2n) is 3.68. The van der Waals surface area contributed by atoms with Gasteiger partial charge in [-0.25, -0.2) is 0 Å². The molecule has 0 saturated heterocycles. The summed E-state index contributed by atoms with van der Waals surface area (Å²) in [6.45, 7) is 3.98. The summed E-state index contributed by atoms with van der Waals surface area (Å²) in [5.74, 6) is 5.89. The van der Waals surface area contributed by atoms with Crippen LogP contribution in [0.2, 0.25) is 0 Å². The Kier molecular flexibility index (Phi) is 10.9. The van der Waals surface area contributed by atoms with Crippen molar-refractivity contribution in [3.05, 3.63) is 12.2 Å². The van der Waals surface area contributed by atoms with Gasteiger partial charge in [0.1, 0.15) is 0 Å². The molecule has 0 amide bonds. The van der Waals surface area contributed by atoms with Crippen molar-refractivity contribution in [2.45, 2.75) is 52.4 Å². The Hall–Kier alpha value is -1.23. The molecule has 0 heterocycles. The molecule has 2 heteroatoms. The van der Waals surface area contributed by atoms with Gasteiger partial charge in [-0.15, -0.1) is 0 Å². The Morgan fingerprint density at radius 3 is 2.56 bits per heavy atom. The quantitative estimate of drug-likeness (QED) is 0.374. The van der Waals surface area contributed by atoms with Gasteiger partial charge in [-0.2, -0.15) is 0 Å². The topological polar surface area (TPSA) is 26.3 Å². The van der Waals surface area contributed by atoms with Crippen LogP contribution in [0.3, 0.4) is 0 Å². The largest absolute Gasteiger partial charge is 0.466 e.